The Balaban J connectivity index is 2.40. The highest BCUT2D eigenvalue weighted by atomic mass is 32.1. The Morgan fingerprint density at radius 1 is 1.41 bits per heavy atom. The fraction of sp³-hybridized carbons (Fsp3) is 0.308. The summed E-state index contributed by atoms with van der Waals surface area (Å²) in [7, 11) is 0. The summed E-state index contributed by atoms with van der Waals surface area (Å²) in [6.07, 6.45) is 0.803. The zero-order valence-corrected chi connectivity index (χ0v) is 10.7. The number of nitrogens with zero attached hydrogens (tertiary/aromatic N) is 1. The van der Waals surface area contributed by atoms with E-state index >= 15 is 0 Å². The Hall–Kier alpha value is -1.26. The van der Waals surface area contributed by atoms with Gasteiger partial charge in [0.05, 0.1) is 11.2 Å². The molecule has 0 bridgehead atoms. The van der Waals surface area contributed by atoms with Crippen LogP contribution in [0.2, 0.25) is 0 Å². The molecule has 4 heteroatoms. The molecule has 2 rings (SSSR count). The minimum atomic E-state index is -0.436. The van der Waals surface area contributed by atoms with E-state index in [1.807, 2.05) is 19.2 Å². The third-order valence-electron chi connectivity index (χ3n) is 2.88. The Bertz CT molecular complexity index is 520. The fourth-order valence-electron chi connectivity index (χ4n) is 1.48. The van der Waals surface area contributed by atoms with Crippen LogP contribution in [0.15, 0.2) is 29.6 Å². The van der Waals surface area contributed by atoms with Gasteiger partial charge in [0.2, 0.25) is 0 Å². The molecule has 90 valence electrons. The Labute approximate surface area is 104 Å². The largest absolute Gasteiger partial charge is 0.320 e. The van der Waals surface area contributed by atoms with Gasteiger partial charge in [-0.15, -0.1) is 11.3 Å². The highest BCUT2D eigenvalue weighted by Gasteiger charge is 2.23. The van der Waals surface area contributed by atoms with Gasteiger partial charge < -0.3 is 5.73 Å². The lowest BCUT2D eigenvalue weighted by atomic mass is 10.0. The molecule has 0 fully saturated rings. The summed E-state index contributed by atoms with van der Waals surface area (Å²) >= 11 is 1.48. The first-order valence-corrected chi connectivity index (χ1v) is 6.42. The molecule has 2 nitrogen and oxygen atoms in total. The van der Waals surface area contributed by atoms with E-state index in [0.717, 1.165) is 11.4 Å². The van der Waals surface area contributed by atoms with E-state index in [-0.39, 0.29) is 5.82 Å². The van der Waals surface area contributed by atoms with Crippen molar-refractivity contribution in [3.8, 4) is 11.3 Å². The number of aromatic nitrogens is 1. The summed E-state index contributed by atoms with van der Waals surface area (Å²) in [6, 6.07) is 6.65. The summed E-state index contributed by atoms with van der Waals surface area (Å²) in [4.78, 5) is 4.44. The van der Waals surface area contributed by atoms with Crippen molar-refractivity contribution in [3.05, 3.63) is 40.5 Å². The van der Waals surface area contributed by atoms with E-state index in [1.54, 1.807) is 18.2 Å². The van der Waals surface area contributed by atoms with Crippen LogP contribution in [0.4, 0.5) is 4.39 Å². The number of thiazole rings is 1. The number of halogens is 1. The van der Waals surface area contributed by atoms with E-state index in [2.05, 4.69) is 4.98 Å². The maximum Gasteiger partial charge on any atom is 0.132 e. The molecule has 1 unspecified atom stereocenters. The molecular weight excluding hydrogens is 235 g/mol. The molecule has 0 saturated heterocycles. The van der Waals surface area contributed by atoms with E-state index in [0.29, 0.717) is 11.3 Å². The Kier molecular flexibility index (Phi) is 3.26. The van der Waals surface area contributed by atoms with Gasteiger partial charge in [-0.1, -0.05) is 19.1 Å². The third-order valence-corrected chi connectivity index (χ3v) is 4.00. The predicted molar refractivity (Wildman–Crippen MR) is 69.3 cm³/mol. The average molecular weight is 250 g/mol. The molecule has 0 aliphatic heterocycles. The van der Waals surface area contributed by atoms with Crippen LogP contribution in [0.25, 0.3) is 11.3 Å². The predicted octanol–water partition coefficient (Wildman–Crippen LogP) is 3.53. The maximum absolute atomic E-state index is 13.6. The molecular formula is C13H15FN2S. The second-order valence-corrected chi connectivity index (χ2v) is 5.15. The number of hydrogen-bond donors (Lipinski definition) is 1. The second-order valence-electron chi connectivity index (χ2n) is 4.29. The van der Waals surface area contributed by atoms with Gasteiger partial charge >= 0.3 is 0 Å². The van der Waals surface area contributed by atoms with Crippen molar-refractivity contribution >= 4 is 11.3 Å². The van der Waals surface area contributed by atoms with Gasteiger partial charge in [-0.3, -0.25) is 0 Å². The smallest absolute Gasteiger partial charge is 0.132 e. The van der Waals surface area contributed by atoms with Crippen LogP contribution in [0.3, 0.4) is 0 Å². The molecule has 0 radical (unpaired) electrons. The van der Waals surface area contributed by atoms with Crippen molar-refractivity contribution in [1.82, 2.24) is 4.98 Å². The molecule has 0 aliphatic rings. The van der Waals surface area contributed by atoms with Gasteiger partial charge in [-0.25, -0.2) is 9.37 Å². The van der Waals surface area contributed by atoms with Crippen LogP contribution in [0, 0.1) is 5.82 Å². The van der Waals surface area contributed by atoms with E-state index in [4.69, 9.17) is 5.73 Å². The number of nitrogens with two attached hydrogens (primary N) is 1. The maximum atomic E-state index is 13.6. The monoisotopic (exact) mass is 250 g/mol. The van der Waals surface area contributed by atoms with Gasteiger partial charge in [-0.05, 0) is 25.5 Å². The molecule has 0 amide bonds. The first-order valence-electron chi connectivity index (χ1n) is 5.54. The zero-order valence-electron chi connectivity index (χ0n) is 9.90. The Morgan fingerprint density at radius 3 is 2.76 bits per heavy atom. The Morgan fingerprint density at radius 2 is 2.12 bits per heavy atom. The van der Waals surface area contributed by atoms with Crippen LogP contribution in [0.1, 0.15) is 25.3 Å². The lowest BCUT2D eigenvalue weighted by molar-refractivity contribution is 0.474. The van der Waals surface area contributed by atoms with Crippen LogP contribution in [-0.2, 0) is 5.54 Å². The number of benzene rings is 1. The summed E-state index contributed by atoms with van der Waals surface area (Å²) in [5.41, 5.74) is 6.87. The second kappa shape index (κ2) is 4.55. The SMILES string of the molecule is CCC(C)(N)c1nc(-c2ccccc2F)cs1. The highest BCUT2D eigenvalue weighted by Crippen LogP contribution is 2.30. The van der Waals surface area contributed by atoms with Crippen LogP contribution in [0.5, 0.6) is 0 Å². The molecule has 1 aromatic carbocycles. The number of rotatable bonds is 3. The highest BCUT2D eigenvalue weighted by molar-refractivity contribution is 7.10. The molecule has 0 saturated carbocycles. The van der Waals surface area contributed by atoms with Gasteiger partial charge in [0, 0.05) is 10.9 Å². The lowest BCUT2D eigenvalue weighted by Crippen LogP contribution is -2.31. The summed E-state index contributed by atoms with van der Waals surface area (Å²) in [5, 5.41) is 2.70. The number of hydrogen-bond acceptors (Lipinski definition) is 3. The third kappa shape index (κ3) is 2.37. The van der Waals surface area contributed by atoms with Crippen LogP contribution in [-0.4, -0.2) is 4.98 Å². The minimum absolute atomic E-state index is 0.250. The van der Waals surface area contributed by atoms with Crippen molar-refractivity contribution in [3.63, 3.8) is 0 Å². The molecule has 0 aliphatic carbocycles. The van der Waals surface area contributed by atoms with Crippen LogP contribution >= 0.6 is 11.3 Å². The molecule has 2 N–H and O–H groups in total. The van der Waals surface area contributed by atoms with Gasteiger partial charge in [0.15, 0.2) is 0 Å². The van der Waals surface area contributed by atoms with E-state index < -0.39 is 5.54 Å². The normalized spacial score (nSPS) is 14.6. The molecule has 0 spiro atoms. The topological polar surface area (TPSA) is 38.9 Å². The van der Waals surface area contributed by atoms with Gasteiger partial charge in [0.25, 0.3) is 0 Å². The van der Waals surface area contributed by atoms with Crippen molar-refractivity contribution in [2.24, 2.45) is 5.73 Å². The van der Waals surface area contributed by atoms with Crippen LogP contribution < -0.4 is 5.73 Å². The lowest BCUT2D eigenvalue weighted by Gasteiger charge is -2.18. The first kappa shape index (κ1) is 12.2. The summed E-state index contributed by atoms with van der Waals surface area (Å²) in [6.45, 7) is 3.96. The molecule has 1 atom stereocenters. The van der Waals surface area contributed by atoms with Gasteiger partial charge in [-0.2, -0.15) is 0 Å². The molecule has 2 aromatic rings. The van der Waals surface area contributed by atoms with E-state index in [1.165, 1.54) is 17.4 Å². The minimum Gasteiger partial charge on any atom is -0.320 e. The van der Waals surface area contributed by atoms with E-state index in [9.17, 15) is 4.39 Å². The summed E-state index contributed by atoms with van der Waals surface area (Å²) < 4.78 is 13.6. The average Bonchev–Trinajstić information content (AvgIpc) is 2.79. The molecule has 1 heterocycles. The quantitative estimate of drug-likeness (QED) is 0.905. The van der Waals surface area contributed by atoms with Crippen molar-refractivity contribution in [2.75, 3.05) is 0 Å². The van der Waals surface area contributed by atoms with Crippen molar-refractivity contribution in [1.29, 1.82) is 0 Å². The zero-order chi connectivity index (χ0) is 12.5. The van der Waals surface area contributed by atoms with Crippen molar-refractivity contribution < 1.29 is 4.39 Å². The van der Waals surface area contributed by atoms with Crippen molar-refractivity contribution in [2.45, 2.75) is 25.8 Å². The standard InChI is InChI=1S/C13H15FN2S/c1-3-13(2,15)12-16-11(8-17-12)9-6-4-5-7-10(9)14/h4-8H,3,15H2,1-2H3. The molecule has 1 aromatic heterocycles. The summed E-state index contributed by atoms with van der Waals surface area (Å²) in [5.74, 6) is -0.250. The first-order chi connectivity index (χ1) is 8.04. The molecule has 17 heavy (non-hydrogen) atoms. The fourth-order valence-corrected chi connectivity index (χ4v) is 2.45. The van der Waals surface area contributed by atoms with Gasteiger partial charge in [0.1, 0.15) is 10.8 Å².